The Kier molecular flexibility index (Phi) is 6.64. The zero-order valence-corrected chi connectivity index (χ0v) is 18.1. The molecule has 0 radical (unpaired) electrons. The van der Waals surface area contributed by atoms with Crippen molar-refractivity contribution in [3.8, 4) is 17.0 Å². The minimum atomic E-state index is -4.75. The van der Waals surface area contributed by atoms with Crippen LogP contribution in [0.3, 0.4) is 0 Å². The van der Waals surface area contributed by atoms with Gasteiger partial charge in [-0.3, -0.25) is 4.79 Å². The molecule has 0 fully saturated rings. The third kappa shape index (κ3) is 5.62. The molecule has 8 nitrogen and oxygen atoms in total. The molecule has 11 heteroatoms. The molecule has 4 rings (SSSR count). The molecule has 0 spiro atoms. The number of benzene rings is 2. The third-order valence-electron chi connectivity index (χ3n) is 4.81. The van der Waals surface area contributed by atoms with Gasteiger partial charge in [0, 0.05) is 29.9 Å². The molecule has 0 unspecified atom stereocenters. The molecule has 0 saturated heterocycles. The summed E-state index contributed by atoms with van der Waals surface area (Å²) in [6, 6.07) is 17.8. The van der Waals surface area contributed by atoms with Gasteiger partial charge < -0.3 is 20.7 Å². The standard InChI is InChI=1S/C23H21F3N6O2/c1-27-13-14-28-21(33)16-5-9-17(10-6-16)29-22-30-20-4-2-3-19(32(20)31-22)15-7-11-18(12-8-15)34-23(24,25)26/h2-12,27H,13-14H2,1H3,(H,28,33)(H,29,31). The fraction of sp³-hybridized carbons (Fsp3) is 0.174. The van der Waals surface area contributed by atoms with E-state index < -0.39 is 6.36 Å². The number of fused-ring (bicyclic) bond motifs is 1. The summed E-state index contributed by atoms with van der Waals surface area (Å²) in [5.74, 6) is -0.136. The summed E-state index contributed by atoms with van der Waals surface area (Å²) in [4.78, 5) is 16.6. The fourth-order valence-electron chi connectivity index (χ4n) is 3.24. The highest BCUT2D eigenvalue weighted by Gasteiger charge is 2.31. The van der Waals surface area contributed by atoms with Gasteiger partial charge in [-0.2, -0.15) is 4.98 Å². The first-order chi connectivity index (χ1) is 16.3. The van der Waals surface area contributed by atoms with Crippen LogP contribution in [0.15, 0.2) is 66.7 Å². The largest absolute Gasteiger partial charge is 0.573 e. The number of nitrogens with zero attached hydrogens (tertiary/aromatic N) is 3. The second kappa shape index (κ2) is 9.79. The van der Waals surface area contributed by atoms with Crippen molar-refractivity contribution in [2.75, 3.05) is 25.5 Å². The van der Waals surface area contributed by atoms with Gasteiger partial charge >= 0.3 is 6.36 Å². The topological polar surface area (TPSA) is 92.6 Å². The Morgan fingerprint density at radius 1 is 1.00 bits per heavy atom. The number of amides is 1. The van der Waals surface area contributed by atoms with E-state index in [2.05, 4.69) is 30.8 Å². The van der Waals surface area contributed by atoms with Crippen molar-refractivity contribution in [1.82, 2.24) is 25.2 Å². The monoisotopic (exact) mass is 470 g/mol. The van der Waals surface area contributed by atoms with Gasteiger partial charge in [0.15, 0.2) is 5.65 Å². The normalized spacial score (nSPS) is 11.4. The Bertz CT molecular complexity index is 1270. The first kappa shape index (κ1) is 23.1. The number of anilines is 2. The molecule has 0 aliphatic heterocycles. The highest BCUT2D eigenvalue weighted by Crippen LogP contribution is 2.27. The maximum absolute atomic E-state index is 12.4. The van der Waals surface area contributed by atoms with Gasteiger partial charge in [0.25, 0.3) is 5.91 Å². The van der Waals surface area contributed by atoms with Crippen LogP contribution in [0.4, 0.5) is 24.8 Å². The molecule has 2 heterocycles. The quantitative estimate of drug-likeness (QED) is 0.338. The van der Waals surface area contributed by atoms with Crippen LogP contribution in [-0.2, 0) is 0 Å². The second-order valence-electron chi connectivity index (χ2n) is 7.25. The third-order valence-corrected chi connectivity index (χ3v) is 4.81. The summed E-state index contributed by atoms with van der Waals surface area (Å²) in [7, 11) is 1.81. The summed E-state index contributed by atoms with van der Waals surface area (Å²) >= 11 is 0. The van der Waals surface area contributed by atoms with Crippen LogP contribution in [0, 0.1) is 0 Å². The number of carbonyl (C=O) groups excluding carboxylic acids is 1. The lowest BCUT2D eigenvalue weighted by molar-refractivity contribution is -0.274. The predicted octanol–water partition coefficient (Wildman–Crippen LogP) is 3.99. The van der Waals surface area contributed by atoms with Crippen molar-refractivity contribution in [2.45, 2.75) is 6.36 Å². The van der Waals surface area contributed by atoms with Gasteiger partial charge in [0.2, 0.25) is 5.95 Å². The fourth-order valence-corrected chi connectivity index (χ4v) is 3.24. The van der Waals surface area contributed by atoms with E-state index in [9.17, 15) is 18.0 Å². The number of pyridine rings is 1. The molecular weight excluding hydrogens is 449 g/mol. The van der Waals surface area contributed by atoms with Crippen molar-refractivity contribution in [2.24, 2.45) is 0 Å². The number of rotatable bonds is 8. The smallest absolute Gasteiger partial charge is 0.406 e. The van der Waals surface area contributed by atoms with Crippen molar-refractivity contribution in [3.05, 3.63) is 72.3 Å². The van der Waals surface area contributed by atoms with E-state index in [1.54, 1.807) is 47.0 Å². The number of carbonyl (C=O) groups is 1. The van der Waals surface area contributed by atoms with Crippen molar-refractivity contribution in [3.63, 3.8) is 0 Å². The van der Waals surface area contributed by atoms with Crippen LogP contribution in [0.5, 0.6) is 5.75 Å². The lowest BCUT2D eigenvalue weighted by Crippen LogP contribution is -2.30. The van der Waals surface area contributed by atoms with Crippen LogP contribution >= 0.6 is 0 Å². The molecule has 1 amide bonds. The van der Waals surface area contributed by atoms with Crippen molar-refractivity contribution in [1.29, 1.82) is 0 Å². The summed E-state index contributed by atoms with van der Waals surface area (Å²) in [6.07, 6.45) is -4.75. The average molecular weight is 470 g/mol. The summed E-state index contributed by atoms with van der Waals surface area (Å²) in [5.41, 5.74) is 3.06. The van der Waals surface area contributed by atoms with Crippen LogP contribution in [0.2, 0.25) is 0 Å². The summed E-state index contributed by atoms with van der Waals surface area (Å²) in [6.45, 7) is 1.21. The van der Waals surface area contributed by atoms with Crippen LogP contribution in [0.1, 0.15) is 10.4 Å². The molecule has 2 aromatic heterocycles. The molecular formula is C23H21F3N6O2. The van der Waals surface area contributed by atoms with Gasteiger partial charge in [-0.05, 0) is 67.7 Å². The molecule has 0 atom stereocenters. The SMILES string of the molecule is CNCCNC(=O)c1ccc(Nc2nc3cccc(-c4ccc(OC(F)(F)F)cc4)n3n2)cc1. The van der Waals surface area contributed by atoms with Gasteiger partial charge in [0.1, 0.15) is 5.75 Å². The predicted molar refractivity (Wildman–Crippen MR) is 121 cm³/mol. The average Bonchev–Trinajstić information content (AvgIpc) is 3.22. The highest BCUT2D eigenvalue weighted by atomic mass is 19.4. The Balaban J connectivity index is 1.50. The molecule has 0 bridgehead atoms. The number of halogens is 3. The number of alkyl halides is 3. The maximum Gasteiger partial charge on any atom is 0.573 e. The zero-order valence-electron chi connectivity index (χ0n) is 18.1. The maximum atomic E-state index is 12.4. The lowest BCUT2D eigenvalue weighted by atomic mass is 10.1. The van der Waals surface area contributed by atoms with E-state index in [0.29, 0.717) is 47.2 Å². The number of ether oxygens (including phenoxy) is 1. The van der Waals surface area contributed by atoms with E-state index >= 15 is 0 Å². The minimum Gasteiger partial charge on any atom is -0.406 e. The first-order valence-electron chi connectivity index (χ1n) is 10.3. The molecule has 0 aliphatic carbocycles. The number of hydrogen-bond acceptors (Lipinski definition) is 6. The van der Waals surface area contributed by atoms with Gasteiger partial charge in [0.05, 0.1) is 5.69 Å². The zero-order chi connectivity index (χ0) is 24.1. The van der Waals surface area contributed by atoms with E-state index in [1.807, 2.05) is 7.05 Å². The number of likely N-dealkylation sites (N-methyl/N-ethyl adjacent to an activating group) is 1. The Labute approximate surface area is 192 Å². The summed E-state index contributed by atoms with van der Waals surface area (Å²) in [5, 5.41) is 13.3. The van der Waals surface area contributed by atoms with Crippen molar-refractivity contribution >= 4 is 23.2 Å². The van der Waals surface area contributed by atoms with Gasteiger partial charge in [-0.1, -0.05) is 6.07 Å². The molecule has 4 aromatic rings. The highest BCUT2D eigenvalue weighted by molar-refractivity contribution is 5.94. The minimum absolute atomic E-state index is 0.163. The number of nitrogens with one attached hydrogen (secondary N) is 3. The number of hydrogen-bond donors (Lipinski definition) is 3. The first-order valence-corrected chi connectivity index (χ1v) is 10.3. The Morgan fingerprint density at radius 3 is 2.41 bits per heavy atom. The molecule has 0 saturated carbocycles. The molecule has 2 aromatic carbocycles. The van der Waals surface area contributed by atoms with Crippen molar-refractivity contribution < 1.29 is 22.7 Å². The Morgan fingerprint density at radius 2 is 1.74 bits per heavy atom. The second-order valence-corrected chi connectivity index (χ2v) is 7.25. The molecule has 34 heavy (non-hydrogen) atoms. The lowest BCUT2D eigenvalue weighted by Gasteiger charge is -2.09. The van der Waals surface area contributed by atoms with Gasteiger partial charge in [-0.15, -0.1) is 18.3 Å². The van der Waals surface area contributed by atoms with E-state index in [0.717, 1.165) is 0 Å². The molecule has 3 N–H and O–H groups in total. The van der Waals surface area contributed by atoms with E-state index in [-0.39, 0.29) is 11.7 Å². The van der Waals surface area contributed by atoms with Gasteiger partial charge in [-0.25, -0.2) is 4.52 Å². The van der Waals surface area contributed by atoms with Crippen LogP contribution in [-0.4, -0.2) is 47.0 Å². The van der Waals surface area contributed by atoms with E-state index in [4.69, 9.17) is 0 Å². The molecule has 176 valence electrons. The van der Waals surface area contributed by atoms with Crippen LogP contribution in [0.25, 0.3) is 16.9 Å². The number of aromatic nitrogens is 3. The Hall–Kier alpha value is -4.12. The van der Waals surface area contributed by atoms with E-state index in [1.165, 1.54) is 24.3 Å². The summed E-state index contributed by atoms with van der Waals surface area (Å²) < 4.78 is 42.7. The molecule has 0 aliphatic rings. The van der Waals surface area contributed by atoms with Crippen LogP contribution < -0.4 is 20.7 Å².